The Labute approximate surface area is 118 Å². The standard InChI is InChI=1S/C16H18N2O2/c1-11-7-13(19-2)8-12(18-11)9-17-15-10-20-16-6-4-3-5-14(15)16/h3-8,15,17H,9-10H2,1-2H3. The highest BCUT2D eigenvalue weighted by molar-refractivity contribution is 5.39. The quantitative estimate of drug-likeness (QED) is 0.927. The molecule has 0 saturated carbocycles. The Morgan fingerprint density at radius 2 is 2.20 bits per heavy atom. The predicted octanol–water partition coefficient (Wildman–Crippen LogP) is 2.62. The molecule has 0 saturated heterocycles. The van der Waals surface area contributed by atoms with Crippen molar-refractivity contribution >= 4 is 0 Å². The first-order chi connectivity index (χ1) is 9.76. The normalized spacial score (nSPS) is 16.6. The fraction of sp³-hybridized carbons (Fsp3) is 0.312. The largest absolute Gasteiger partial charge is 0.497 e. The molecule has 0 aliphatic carbocycles. The van der Waals surface area contributed by atoms with Crippen LogP contribution in [0.3, 0.4) is 0 Å². The Hall–Kier alpha value is -2.07. The third kappa shape index (κ3) is 2.60. The van der Waals surface area contributed by atoms with Gasteiger partial charge < -0.3 is 14.8 Å². The number of fused-ring (bicyclic) bond motifs is 1. The van der Waals surface area contributed by atoms with Crippen molar-refractivity contribution in [2.75, 3.05) is 13.7 Å². The summed E-state index contributed by atoms with van der Waals surface area (Å²) in [4.78, 5) is 4.52. The second-order valence-corrected chi connectivity index (χ2v) is 4.92. The maximum Gasteiger partial charge on any atom is 0.124 e. The Kier molecular flexibility index (Phi) is 3.56. The van der Waals surface area contributed by atoms with Crippen LogP contribution >= 0.6 is 0 Å². The molecule has 1 atom stereocenters. The summed E-state index contributed by atoms with van der Waals surface area (Å²) < 4.78 is 10.9. The monoisotopic (exact) mass is 270 g/mol. The molecule has 3 rings (SSSR count). The lowest BCUT2D eigenvalue weighted by Crippen LogP contribution is -2.22. The van der Waals surface area contributed by atoms with Gasteiger partial charge in [0.15, 0.2) is 0 Å². The zero-order valence-electron chi connectivity index (χ0n) is 11.7. The van der Waals surface area contributed by atoms with Gasteiger partial charge in [0, 0.05) is 29.9 Å². The summed E-state index contributed by atoms with van der Waals surface area (Å²) in [5, 5.41) is 3.49. The van der Waals surface area contributed by atoms with Crippen LogP contribution in [0.15, 0.2) is 36.4 Å². The van der Waals surface area contributed by atoms with Crippen LogP contribution in [-0.2, 0) is 6.54 Å². The predicted molar refractivity (Wildman–Crippen MR) is 77.0 cm³/mol. The van der Waals surface area contributed by atoms with Crippen molar-refractivity contribution in [3.05, 3.63) is 53.3 Å². The van der Waals surface area contributed by atoms with E-state index in [1.54, 1.807) is 7.11 Å². The minimum absolute atomic E-state index is 0.222. The van der Waals surface area contributed by atoms with E-state index in [9.17, 15) is 0 Å². The molecular formula is C16H18N2O2. The van der Waals surface area contributed by atoms with Crippen LogP contribution in [0.4, 0.5) is 0 Å². The van der Waals surface area contributed by atoms with Crippen LogP contribution in [0.5, 0.6) is 11.5 Å². The van der Waals surface area contributed by atoms with E-state index in [1.165, 1.54) is 5.56 Å². The van der Waals surface area contributed by atoms with Gasteiger partial charge in [0.1, 0.15) is 18.1 Å². The van der Waals surface area contributed by atoms with E-state index in [4.69, 9.17) is 9.47 Å². The lowest BCUT2D eigenvalue weighted by atomic mass is 10.1. The number of aromatic nitrogens is 1. The fourth-order valence-electron chi connectivity index (χ4n) is 2.47. The number of hydrogen-bond donors (Lipinski definition) is 1. The molecule has 4 heteroatoms. The summed E-state index contributed by atoms with van der Waals surface area (Å²) >= 11 is 0. The molecule has 1 aromatic heterocycles. The van der Waals surface area contributed by atoms with Gasteiger partial charge in [0.25, 0.3) is 0 Å². The van der Waals surface area contributed by atoms with E-state index in [2.05, 4.69) is 16.4 Å². The van der Waals surface area contributed by atoms with Gasteiger partial charge in [-0.05, 0) is 13.0 Å². The molecule has 4 nitrogen and oxygen atoms in total. The van der Waals surface area contributed by atoms with Crippen LogP contribution in [-0.4, -0.2) is 18.7 Å². The molecule has 1 aliphatic rings. The van der Waals surface area contributed by atoms with Crippen LogP contribution in [0.1, 0.15) is 23.0 Å². The van der Waals surface area contributed by atoms with Crippen molar-refractivity contribution in [3.63, 3.8) is 0 Å². The van der Waals surface area contributed by atoms with Crippen LogP contribution < -0.4 is 14.8 Å². The van der Waals surface area contributed by atoms with Crippen LogP contribution in [0.2, 0.25) is 0 Å². The highest BCUT2D eigenvalue weighted by Crippen LogP contribution is 2.31. The van der Waals surface area contributed by atoms with Crippen molar-refractivity contribution in [2.45, 2.75) is 19.5 Å². The number of methoxy groups -OCH3 is 1. The Bertz CT molecular complexity index is 613. The highest BCUT2D eigenvalue weighted by atomic mass is 16.5. The summed E-state index contributed by atoms with van der Waals surface area (Å²) in [5.41, 5.74) is 3.16. The number of aryl methyl sites for hydroxylation is 1. The van der Waals surface area contributed by atoms with Gasteiger partial charge in [-0.15, -0.1) is 0 Å². The molecule has 1 aliphatic heterocycles. The molecule has 1 N–H and O–H groups in total. The number of nitrogens with one attached hydrogen (secondary N) is 1. The Morgan fingerprint density at radius 3 is 3.05 bits per heavy atom. The first-order valence-corrected chi connectivity index (χ1v) is 6.73. The summed E-state index contributed by atoms with van der Waals surface area (Å²) in [7, 11) is 1.67. The molecule has 2 aromatic rings. The van der Waals surface area contributed by atoms with E-state index in [0.29, 0.717) is 13.2 Å². The number of hydrogen-bond acceptors (Lipinski definition) is 4. The van der Waals surface area contributed by atoms with Gasteiger partial charge in [0.2, 0.25) is 0 Å². The molecule has 0 spiro atoms. The maximum absolute atomic E-state index is 5.66. The smallest absolute Gasteiger partial charge is 0.124 e. The van der Waals surface area contributed by atoms with Gasteiger partial charge in [-0.1, -0.05) is 18.2 Å². The molecular weight excluding hydrogens is 252 g/mol. The number of pyridine rings is 1. The van der Waals surface area contributed by atoms with E-state index in [-0.39, 0.29) is 6.04 Å². The molecule has 1 unspecified atom stereocenters. The SMILES string of the molecule is COc1cc(C)nc(CNC2COc3ccccc32)c1. The number of nitrogens with zero attached hydrogens (tertiary/aromatic N) is 1. The summed E-state index contributed by atoms with van der Waals surface area (Å²) in [5.74, 6) is 1.82. The lowest BCUT2D eigenvalue weighted by molar-refractivity contribution is 0.310. The van der Waals surface area contributed by atoms with Crippen LogP contribution in [0.25, 0.3) is 0 Å². The first kappa shape index (κ1) is 12.9. The fourth-order valence-corrected chi connectivity index (χ4v) is 2.47. The first-order valence-electron chi connectivity index (χ1n) is 6.73. The lowest BCUT2D eigenvalue weighted by Gasteiger charge is -2.12. The topological polar surface area (TPSA) is 43.4 Å². The van der Waals surface area contributed by atoms with Crippen molar-refractivity contribution in [2.24, 2.45) is 0 Å². The van der Waals surface area contributed by atoms with Crippen molar-refractivity contribution < 1.29 is 9.47 Å². The molecule has 0 amide bonds. The third-order valence-corrected chi connectivity index (χ3v) is 3.45. The van der Waals surface area contributed by atoms with Gasteiger partial charge >= 0.3 is 0 Å². The van der Waals surface area contributed by atoms with Crippen molar-refractivity contribution in [1.29, 1.82) is 0 Å². The van der Waals surface area contributed by atoms with E-state index < -0.39 is 0 Å². The molecule has 0 fully saturated rings. The average molecular weight is 270 g/mol. The van der Waals surface area contributed by atoms with E-state index in [1.807, 2.05) is 37.3 Å². The number of benzene rings is 1. The molecule has 20 heavy (non-hydrogen) atoms. The number of rotatable bonds is 4. The zero-order valence-corrected chi connectivity index (χ0v) is 11.7. The van der Waals surface area contributed by atoms with E-state index >= 15 is 0 Å². The minimum atomic E-state index is 0.222. The summed E-state index contributed by atoms with van der Waals surface area (Å²) in [6.45, 7) is 3.34. The Morgan fingerprint density at radius 1 is 1.35 bits per heavy atom. The molecule has 0 bridgehead atoms. The summed E-state index contributed by atoms with van der Waals surface area (Å²) in [6.07, 6.45) is 0. The highest BCUT2D eigenvalue weighted by Gasteiger charge is 2.22. The Balaban J connectivity index is 1.70. The molecule has 2 heterocycles. The second kappa shape index (κ2) is 5.51. The molecule has 104 valence electrons. The van der Waals surface area contributed by atoms with Gasteiger partial charge in [-0.2, -0.15) is 0 Å². The van der Waals surface area contributed by atoms with Gasteiger partial charge in [-0.3, -0.25) is 4.98 Å². The van der Waals surface area contributed by atoms with Gasteiger partial charge in [0.05, 0.1) is 18.8 Å². The molecule has 0 radical (unpaired) electrons. The van der Waals surface area contributed by atoms with Crippen molar-refractivity contribution in [3.8, 4) is 11.5 Å². The summed E-state index contributed by atoms with van der Waals surface area (Å²) in [6, 6.07) is 12.2. The van der Waals surface area contributed by atoms with Crippen LogP contribution in [0, 0.1) is 6.92 Å². The number of para-hydroxylation sites is 1. The minimum Gasteiger partial charge on any atom is -0.497 e. The van der Waals surface area contributed by atoms with E-state index in [0.717, 1.165) is 22.9 Å². The molecule has 1 aromatic carbocycles. The second-order valence-electron chi connectivity index (χ2n) is 4.92. The maximum atomic E-state index is 5.66. The zero-order chi connectivity index (χ0) is 13.9. The third-order valence-electron chi connectivity index (χ3n) is 3.45. The van der Waals surface area contributed by atoms with Crippen molar-refractivity contribution in [1.82, 2.24) is 10.3 Å². The number of ether oxygens (including phenoxy) is 2. The average Bonchev–Trinajstić information content (AvgIpc) is 2.88. The van der Waals surface area contributed by atoms with Gasteiger partial charge in [-0.25, -0.2) is 0 Å².